The third-order valence-corrected chi connectivity index (χ3v) is 4.07. The van der Waals surface area contributed by atoms with E-state index in [9.17, 15) is 4.79 Å². The van der Waals surface area contributed by atoms with Crippen LogP contribution in [0, 0.1) is 6.92 Å². The lowest BCUT2D eigenvalue weighted by Crippen LogP contribution is -2.12. The van der Waals surface area contributed by atoms with Crippen LogP contribution >= 0.6 is 11.6 Å². The van der Waals surface area contributed by atoms with Crippen molar-refractivity contribution in [2.45, 2.75) is 13.5 Å². The highest BCUT2D eigenvalue weighted by Gasteiger charge is 2.10. The Morgan fingerprint density at radius 1 is 1.16 bits per heavy atom. The van der Waals surface area contributed by atoms with Gasteiger partial charge < -0.3 is 10.1 Å². The van der Waals surface area contributed by atoms with Crippen LogP contribution in [0.5, 0.6) is 5.75 Å². The molecule has 6 heteroatoms. The highest BCUT2D eigenvalue weighted by atomic mass is 35.5. The van der Waals surface area contributed by atoms with E-state index in [0.29, 0.717) is 28.7 Å². The van der Waals surface area contributed by atoms with Crippen molar-refractivity contribution in [3.63, 3.8) is 0 Å². The molecule has 1 heterocycles. The molecule has 0 aliphatic carbocycles. The van der Waals surface area contributed by atoms with Crippen molar-refractivity contribution in [1.29, 1.82) is 0 Å². The zero-order valence-electron chi connectivity index (χ0n) is 14.0. The van der Waals surface area contributed by atoms with E-state index >= 15 is 0 Å². The Morgan fingerprint density at radius 3 is 2.48 bits per heavy atom. The zero-order chi connectivity index (χ0) is 17.8. The van der Waals surface area contributed by atoms with E-state index in [1.165, 1.54) is 0 Å². The molecule has 1 aromatic heterocycles. The lowest BCUT2D eigenvalue weighted by molar-refractivity contribution is 0.102. The van der Waals surface area contributed by atoms with Crippen LogP contribution in [0.25, 0.3) is 0 Å². The molecule has 5 nitrogen and oxygen atoms in total. The van der Waals surface area contributed by atoms with Crippen LogP contribution in [0.3, 0.4) is 0 Å². The molecule has 0 atom stereocenters. The van der Waals surface area contributed by atoms with Crippen molar-refractivity contribution in [3.05, 3.63) is 76.4 Å². The summed E-state index contributed by atoms with van der Waals surface area (Å²) in [7, 11) is 1.59. The molecule has 0 saturated heterocycles. The van der Waals surface area contributed by atoms with Gasteiger partial charge in [0, 0.05) is 22.3 Å². The fourth-order valence-corrected chi connectivity index (χ4v) is 2.55. The van der Waals surface area contributed by atoms with Gasteiger partial charge in [-0.25, -0.2) is 0 Å². The van der Waals surface area contributed by atoms with Gasteiger partial charge in [0.1, 0.15) is 5.75 Å². The molecule has 0 spiro atoms. The Bertz CT molecular complexity index is 871. The molecule has 1 amide bonds. The summed E-state index contributed by atoms with van der Waals surface area (Å²) < 4.78 is 6.93. The molecule has 0 radical (unpaired) electrons. The van der Waals surface area contributed by atoms with Gasteiger partial charge in [0.15, 0.2) is 5.82 Å². The lowest BCUT2D eigenvalue weighted by Gasteiger charge is -2.05. The predicted octanol–water partition coefficient (Wildman–Crippen LogP) is 4.15. The van der Waals surface area contributed by atoms with Crippen molar-refractivity contribution in [2.24, 2.45) is 0 Å². The highest BCUT2D eigenvalue weighted by Crippen LogP contribution is 2.16. The number of carbonyl (C=O) groups is 1. The first-order valence-corrected chi connectivity index (χ1v) is 8.17. The van der Waals surface area contributed by atoms with Gasteiger partial charge in [-0.05, 0) is 48.9 Å². The van der Waals surface area contributed by atoms with Crippen LogP contribution in [-0.2, 0) is 6.54 Å². The molecule has 128 valence electrons. The number of anilines is 1. The number of methoxy groups -OCH3 is 1. The first kappa shape index (κ1) is 17.0. The Labute approximate surface area is 151 Å². The summed E-state index contributed by atoms with van der Waals surface area (Å²) in [5.74, 6) is 1.02. The van der Waals surface area contributed by atoms with Crippen molar-refractivity contribution < 1.29 is 9.53 Å². The maximum atomic E-state index is 12.3. The van der Waals surface area contributed by atoms with Gasteiger partial charge in [0.05, 0.1) is 13.7 Å². The predicted molar refractivity (Wildman–Crippen MR) is 98.5 cm³/mol. The summed E-state index contributed by atoms with van der Waals surface area (Å²) in [5.41, 5.74) is 2.59. The zero-order valence-corrected chi connectivity index (χ0v) is 14.7. The molecule has 0 fully saturated rings. The van der Waals surface area contributed by atoms with Gasteiger partial charge in [-0.1, -0.05) is 23.7 Å². The average Bonchev–Trinajstić information content (AvgIpc) is 2.96. The minimum absolute atomic E-state index is 0.209. The molecule has 25 heavy (non-hydrogen) atoms. The molecule has 0 saturated carbocycles. The number of aryl methyl sites for hydroxylation is 1. The summed E-state index contributed by atoms with van der Waals surface area (Å²) in [6.07, 6.45) is 0. The molecular weight excluding hydrogens is 338 g/mol. The van der Waals surface area contributed by atoms with E-state index in [1.54, 1.807) is 31.4 Å². The third kappa shape index (κ3) is 4.19. The number of benzene rings is 2. The lowest BCUT2D eigenvalue weighted by atomic mass is 10.2. The van der Waals surface area contributed by atoms with E-state index in [0.717, 1.165) is 11.3 Å². The molecule has 3 rings (SSSR count). The standard InChI is InChI=1S/C19H18ClN3O2/c1-13-11-18(21-19(24)15-5-9-17(25-2)10-6-15)22-23(13)12-14-3-7-16(20)8-4-14/h3-11H,12H2,1-2H3,(H,21,22,24). The molecular formula is C19H18ClN3O2. The van der Waals surface area contributed by atoms with Crippen LogP contribution in [0.2, 0.25) is 5.02 Å². The van der Waals surface area contributed by atoms with Crippen molar-refractivity contribution in [2.75, 3.05) is 12.4 Å². The molecule has 2 aromatic carbocycles. The Hall–Kier alpha value is -2.79. The van der Waals surface area contributed by atoms with Crippen LogP contribution in [-0.4, -0.2) is 22.8 Å². The SMILES string of the molecule is COc1ccc(C(=O)Nc2cc(C)n(Cc3ccc(Cl)cc3)n2)cc1. The minimum Gasteiger partial charge on any atom is -0.497 e. The third-order valence-electron chi connectivity index (χ3n) is 3.82. The van der Waals surface area contributed by atoms with E-state index in [-0.39, 0.29) is 5.91 Å². The molecule has 0 bridgehead atoms. The van der Waals surface area contributed by atoms with Crippen molar-refractivity contribution >= 4 is 23.3 Å². The first-order valence-electron chi connectivity index (χ1n) is 7.79. The number of rotatable bonds is 5. The van der Waals surface area contributed by atoms with E-state index in [1.807, 2.05) is 41.9 Å². The van der Waals surface area contributed by atoms with Crippen LogP contribution < -0.4 is 10.1 Å². The number of aromatic nitrogens is 2. The number of carbonyl (C=O) groups excluding carboxylic acids is 1. The summed E-state index contributed by atoms with van der Waals surface area (Å²) in [4.78, 5) is 12.3. The number of amides is 1. The van der Waals surface area contributed by atoms with Crippen molar-refractivity contribution in [3.8, 4) is 5.75 Å². The van der Waals surface area contributed by atoms with Crippen LogP contribution in [0.15, 0.2) is 54.6 Å². The maximum absolute atomic E-state index is 12.3. The summed E-state index contributed by atoms with van der Waals surface area (Å²) >= 11 is 5.91. The summed E-state index contributed by atoms with van der Waals surface area (Å²) in [6, 6.07) is 16.4. The van der Waals surface area contributed by atoms with E-state index in [2.05, 4.69) is 10.4 Å². The van der Waals surface area contributed by atoms with E-state index in [4.69, 9.17) is 16.3 Å². The topological polar surface area (TPSA) is 56.1 Å². The smallest absolute Gasteiger partial charge is 0.256 e. The van der Waals surface area contributed by atoms with Crippen LogP contribution in [0.1, 0.15) is 21.6 Å². The number of ether oxygens (including phenoxy) is 1. The molecule has 0 unspecified atom stereocenters. The fraction of sp³-hybridized carbons (Fsp3) is 0.158. The van der Waals surface area contributed by atoms with Crippen molar-refractivity contribution in [1.82, 2.24) is 9.78 Å². The monoisotopic (exact) mass is 355 g/mol. The first-order chi connectivity index (χ1) is 12.0. The summed E-state index contributed by atoms with van der Waals surface area (Å²) in [5, 5.41) is 7.97. The second-order valence-corrected chi connectivity index (χ2v) is 6.07. The molecule has 3 aromatic rings. The van der Waals surface area contributed by atoms with Gasteiger partial charge in [-0.2, -0.15) is 5.10 Å². The van der Waals surface area contributed by atoms with Gasteiger partial charge in [0.2, 0.25) is 0 Å². The number of nitrogens with zero attached hydrogens (tertiary/aromatic N) is 2. The Kier molecular flexibility index (Phi) is 5.05. The van der Waals surface area contributed by atoms with E-state index < -0.39 is 0 Å². The second kappa shape index (κ2) is 7.40. The quantitative estimate of drug-likeness (QED) is 0.747. The molecule has 1 N–H and O–H groups in total. The second-order valence-electron chi connectivity index (χ2n) is 5.64. The van der Waals surface area contributed by atoms with Crippen LogP contribution in [0.4, 0.5) is 5.82 Å². The number of halogens is 1. The fourth-order valence-electron chi connectivity index (χ4n) is 2.42. The Balaban J connectivity index is 1.70. The molecule has 0 aliphatic heterocycles. The number of hydrogen-bond acceptors (Lipinski definition) is 3. The van der Waals surface area contributed by atoms with Gasteiger partial charge in [-0.15, -0.1) is 0 Å². The maximum Gasteiger partial charge on any atom is 0.256 e. The number of hydrogen-bond donors (Lipinski definition) is 1. The highest BCUT2D eigenvalue weighted by molar-refractivity contribution is 6.30. The normalized spacial score (nSPS) is 10.5. The largest absolute Gasteiger partial charge is 0.497 e. The Morgan fingerprint density at radius 2 is 1.84 bits per heavy atom. The summed E-state index contributed by atoms with van der Waals surface area (Å²) in [6.45, 7) is 2.56. The van der Waals surface area contributed by atoms with Gasteiger partial charge in [0.25, 0.3) is 5.91 Å². The average molecular weight is 356 g/mol. The number of nitrogens with one attached hydrogen (secondary N) is 1. The van der Waals surface area contributed by atoms with Gasteiger partial charge in [-0.3, -0.25) is 9.48 Å². The van der Waals surface area contributed by atoms with Gasteiger partial charge >= 0.3 is 0 Å². The minimum atomic E-state index is -0.209. The molecule has 0 aliphatic rings.